The van der Waals surface area contributed by atoms with E-state index in [1.807, 2.05) is 6.07 Å². The molecular weight excluding hydrogens is 204 g/mol. The van der Waals surface area contributed by atoms with Crippen LogP contribution in [0.2, 0.25) is 0 Å². The Morgan fingerprint density at radius 3 is 3.06 bits per heavy atom. The molecule has 0 radical (unpaired) electrons. The summed E-state index contributed by atoms with van der Waals surface area (Å²) in [6.07, 6.45) is 4.13. The first-order valence-corrected chi connectivity index (χ1v) is 5.26. The van der Waals surface area contributed by atoms with Crippen LogP contribution in [-0.4, -0.2) is 29.7 Å². The molecule has 0 aliphatic carbocycles. The van der Waals surface area contributed by atoms with Crippen LogP contribution in [-0.2, 0) is 4.74 Å². The Hall–Kier alpha value is -1.67. The van der Waals surface area contributed by atoms with E-state index in [4.69, 9.17) is 10.00 Å². The lowest BCUT2D eigenvalue weighted by Crippen LogP contribution is -2.27. The standard InChI is InChI=1S/C11H14N4O/c1-11(2-5-16-8-11)7-15-10-9(6-12)13-3-4-14-10/h3-4H,2,5,7-8H2,1H3,(H,14,15)/t11-/m1/s1. The molecule has 16 heavy (non-hydrogen) atoms. The van der Waals surface area contributed by atoms with Crippen molar-refractivity contribution in [3.05, 3.63) is 18.1 Å². The summed E-state index contributed by atoms with van der Waals surface area (Å²) in [7, 11) is 0. The van der Waals surface area contributed by atoms with E-state index in [0.717, 1.165) is 26.2 Å². The van der Waals surface area contributed by atoms with Gasteiger partial charge in [0.05, 0.1) is 6.61 Å². The second-order valence-corrected chi connectivity index (χ2v) is 4.33. The van der Waals surface area contributed by atoms with E-state index in [9.17, 15) is 0 Å². The molecule has 1 aliphatic rings. The second-order valence-electron chi connectivity index (χ2n) is 4.33. The molecule has 1 aromatic heterocycles. The second kappa shape index (κ2) is 4.45. The van der Waals surface area contributed by atoms with Gasteiger partial charge in [-0.15, -0.1) is 0 Å². The fraction of sp³-hybridized carbons (Fsp3) is 0.545. The highest BCUT2D eigenvalue weighted by Gasteiger charge is 2.29. The third kappa shape index (κ3) is 2.28. The van der Waals surface area contributed by atoms with Crippen molar-refractivity contribution >= 4 is 5.82 Å². The molecule has 2 rings (SSSR count). The van der Waals surface area contributed by atoms with E-state index in [1.54, 1.807) is 6.20 Å². The zero-order chi connectivity index (χ0) is 11.4. The van der Waals surface area contributed by atoms with Crippen molar-refractivity contribution in [2.45, 2.75) is 13.3 Å². The molecule has 1 aromatic rings. The molecule has 1 saturated heterocycles. The third-order valence-corrected chi connectivity index (χ3v) is 2.79. The molecule has 1 fully saturated rings. The van der Waals surface area contributed by atoms with Gasteiger partial charge in [-0.2, -0.15) is 5.26 Å². The van der Waals surface area contributed by atoms with E-state index in [1.165, 1.54) is 6.20 Å². The lowest BCUT2D eigenvalue weighted by Gasteiger charge is -2.22. The van der Waals surface area contributed by atoms with Crippen LogP contribution in [0.15, 0.2) is 12.4 Å². The molecule has 0 unspecified atom stereocenters. The number of aromatic nitrogens is 2. The minimum atomic E-state index is 0.129. The van der Waals surface area contributed by atoms with Gasteiger partial charge in [0.2, 0.25) is 0 Å². The summed E-state index contributed by atoms with van der Waals surface area (Å²) in [5.74, 6) is 0.554. The predicted molar refractivity (Wildman–Crippen MR) is 58.8 cm³/mol. The van der Waals surface area contributed by atoms with Crippen LogP contribution in [0.5, 0.6) is 0 Å². The average Bonchev–Trinajstić information content (AvgIpc) is 2.74. The minimum Gasteiger partial charge on any atom is -0.381 e. The smallest absolute Gasteiger partial charge is 0.182 e. The molecule has 2 heterocycles. The number of nitrogens with zero attached hydrogens (tertiary/aromatic N) is 3. The first kappa shape index (κ1) is 10.8. The van der Waals surface area contributed by atoms with Crippen molar-refractivity contribution in [3.8, 4) is 6.07 Å². The van der Waals surface area contributed by atoms with E-state index in [0.29, 0.717) is 11.5 Å². The Kier molecular flexibility index (Phi) is 3.02. The van der Waals surface area contributed by atoms with Crippen LogP contribution in [0.25, 0.3) is 0 Å². The van der Waals surface area contributed by atoms with Crippen molar-refractivity contribution in [2.75, 3.05) is 25.1 Å². The maximum absolute atomic E-state index is 8.86. The van der Waals surface area contributed by atoms with Gasteiger partial charge in [-0.1, -0.05) is 6.92 Å². The van der Waals surface area contributed by atoms with E-state index in [2.05, 4.69) is 22.2 Å². The SMILES string of the molecule is C[C@]1(CNc2nccnc2C#N)CCOC1. The third-order valence-electron chi connectivity index (χ3n) is 2.79. The van der Waals surface area contributed by atoms with Crippen LogP contribution in [0.3, 0.4) is 0 Å². The summed E-state index contributed by atoms with van der Waals surface area (Å²) < 4.78 is 5.36. The van der Waals surface area contributed by atoms with Gasteiger partial charge in [0.15, 0.2) is 11.5 Å². The van der Waals surface area contributed by atoms with Crippen LogP contribution >= 0.6 is 0 Å². The quantitative estimate of drug-likeness (QED) is 0.825. The van der Waals surface area contributed by atoms with Crippen molar-refractivity contribution in [3.63, 3.8) is 0 Å². The zero-order valence-electron chi connectivity index (χ0n) is 9.23. The van der Waals surface area contributed by atoms with Gasteiger partial charge < -0.3 is 10.1 Å². The number of nitriles is 1. The van der Waals surface area contributed by atoms with Gasteiger partial charge in [0, 0.05) is 31.0 Å². The molecule has 1 atom stereocenters. The van der Waals surface area contributed by atoms with Gasteiger partial charge in [-0.25, -0.2) is 9.97 Å². The summed E-state index contributed by atoms with van der Waals surface area (Å²) in [6, 6.07) is 2.02. The molecule has 1 aliphatic heterocycles. The van der Waals surface area contributed by atoms with Crippen LogP contribution < -0.4 is 5.32 Å². The first-order valence-electron chi connectivity index (χ1n) is 5.26. The molecule has 1 N–H and O–H groups in total. The summed E-state index contributed by atoms with van der Waals surface area (Å²) in [4.78, 5) is 8.05. The number of ether oxygens (including phenoxy) is 1. The topological polar surface area (TPSA) is 70.8 Å². The maximum Gasteiger partial charge on any atom is 0.182 e. The largest absolute Gasteiger partial charge is 0.381 e. The lowest BCUT2D eigenvalue weighted by atomic mass is 9.90. The Balaban J connectivity index is 2.02. The van der Waals surface area contributed by atoms with E-state index < -0.39 is 0 Å². The molecule has 0 saturated carbocycles. The Labute approximate surface area is 94.5 Å². The van der Waals surface area contributed by atoms with Crippen LogP contribution in [0.1, 0.15) is 19.0 Å². The fourth-order valence-corrected chi connectivity index (χ4v) is 1.70. The van der Waals surface area contributed by atoms with Crippen molar-refractivity contribution in [1.29, 1.82) is 5.26 Å². The van der Waals surface area contributed by atoms with Crippen molar-refractivity contribution in [1.82, 2.24) is 9.97 Å². The molecule has 0 aromatic carbocycles. The molecule has 5 heteroatoms. The fourth-order valence-electron chi connectivity index (χ4n) is 1.70. The lowest BCUT2D eigenvalue weighted by molar-refractivity contribution is 0.164. The number of nitrogens with one attached hydrogen (secondary N) is 1. The molecular formula is C11H14N4O. The average molecular weight is 218 g/mol. The summed E-state index contributed by atoms with van der Waals surface area (Å²) in [5.41, 5.74) is 0.467. The number of anilines is 1. The van der Waals surface area contributed by atoms with Gasteiger partial charge in [0.25, 0.3) is 0 Å². The van der Waals surface area contributed by atoms with Crippen LogP contribution in [0, 0.1) is 16.7 Å². The molecule has 0 spiro atoms. The molecule has 84 valence electrons. The summed E-state index contributed by atoms with van der Waals surface area (Å²) in [5, 5.41) is 12.0. The number of rotatable bonds is 3. The predicted octanol–water partition coefficient (Wildman–Crippen LogP) is 1.19. The maximum atomic E-state index is 8.86. The zero-order valence-corrected chi connectivity index (χ0v) is 9.23. The molecule has 5 nitrogen and oxygen atoms in total. The van der Waals surface area contributed by atoms with Gasteiger partial charge in [-0.3, -0.25) is 0 Å². The van der Waals surface area contributed by atoms with Gasteiger partial charge in [-0.05, 0) is 6.42 Å². The number of hydrogen-bond acceptors (Lipinski definition) is 5. The monoisotopic (exact) mass is 218 g/mol. The highest BCUT2D eigenvalue weighted by Crippen LogP contribution is 2.27. The van der Waals surface area contributed by atoms with Crippen LogP contribution in [0.4, 0.5) is 5.82 Å². The number of hydrogen-bond donors (Lipinski definition) is 1. The Morgan fingerprint density at radius 2 is 2.38 bits per heavy atom. The molecule has 0 amide bonds. The Bertz CT molecular complexity index is 407. The normalized spacial score (nSPS) is 24.0. The van der Waals surface area contributed by atoms with Gasteiger partial charge in [0.1, 0.15) is 6.07 Å². The van der Waals surface area contributed by atoms with Gasteiger partial charge >= 0.3 is 0 Å². The van der Waals surface area contributed by atoms with E-state index in [-0.39, 0.29) is 5.41 Å². The van der Waals surface area contributed by atoms with Crippen molar-refractivity contribution < 1.29 is 4.74 Å². The highest BCUT2D eigenvalue weighted by atomic mass is 16.5. The minimum absolute atomic E-state index is 0.129. The first-order chi connectivity index (χ1) is 7.73. The van der Waals surface area contributed by atoms with E-state index >= 15 is 0 Å². The molecule has 0 bridgehead atoms. The summed E-state index contributed by atoms with van der Waals surface area (Å²) in [6.45, 7) is 4.47. The summed E-state index contributed by atoms with van der Waals surface area (Å²) >= 11 is 0. The Morgan fingerprint density at radius 1 is 1.56 bits per heavy atom. The van der Waals surface area contributed by atoms with Crippen molar-refractivity contribution in [2.24, 2.45) is 5.41 Å². The highest BCUT2D eigenvalue weighted by molar-refractivity contribution is 5.46.